The number of nitrogens with two attached hydrogens (primary N) is 1. The van der Waals surface area contributed by atoms with E-state index in [-0.39, 0.29) is 140 Å². The van der Waals surface area contributed by atoms with Crippen molar-refractivity contribution in [3.8, 4) is 17.2 Å². The molecule has 0 bridgehead atoms. The van der Waals surface area contributed by atoms with E-state index in [0.717, 1.165) is 94.2 Å². The van der Waals surface area contributed by atoms with Gasteiger partial charge in [-0.2, -0.15) is 12.6 Å². The number of aliphatic hydroxyl groups excluding tert-OH is 1. The normalized spacial score (nSPS) is 22.5. The number of likely N-dealkylation sites (tertiary alicyclic amines) is 2. The van der Waals surface area contributed by atoms with E-state index in [1.165, 1.54) is 26.9 Å². The number of nitrogens with zero attached hydrogens (tertiary/aromatic N) is 3. The summed E-state index contributed by atoms with van der Waals surface area (Å²) in [6.07, 6.45) is 27.6. The van der Waals surface area contributed by atoms with Crippen molar-refractivity contribution >= 4 is 89.3 Å². The zero-order valence-electron chi connectivity index (χ0n) is 81.4. The van der Waals surface area contributed by atoms with Crippen LogP contribution >= 0.6 is 36.2 Å². The molecular weight excluding hydrogens is 1700 g/mol. The Bertz CT molecular complexity index is 4500. The van der Waals surface area contributed by atoms with Gasteiger partial charge in [-0.1, -0.05) is 217 Å². The predicted octanol–water partition coefficient (Wildman–Crippen LogP) is 19.9. The van der Waals surface area contributed by atoms with E-state index in [2.05, 4.69) is 160 Å². The number of rotatable bonds is 33. The number of primary amides is 1. The quantitative estimate of drug-likeness (QED) is 0.0215. The predicted molar refractivity (Wildman–Crippen MR) is 523 cm³/mol. The number of allylic oxidation sites excluding steroid dienone is 3. The van der Waals surface area contributed by atoms with Crippen molar-refractivity contribution in [1.82, 2.24) is 25.3 Å². The number of hydrogen-bond donors (Lipinski definition) is 5. The Balaban J connectivity index is 0.000000213. The summed E-state index contributed by atoms with van der Waals surface area (Å²) >= 11 is 7.68. The molecule has 0 radical (unpaired) electrons. The molecular formula is C105H152N6O16S3. The first kappa shape index (κ1) is 107. The van der Waals surface area contributed by atoms with Crippen LogP contribution in [0.3, 0.4) is 0 Å². The molecule has 22 nitrogen and oxygen atoms in total. The lowest BCUT2D eigenvalue weighted by Gasteiger charge is -2.41. The summed E-state index contributed by atoms with van der Waals surface area (Å²) in [5, 5.41) is 16.3. The van der Waals surface area contributed by atoms with Crippen LogP contribution < -0.4 is 30.6 Å². The van der Waals surface area contributed by atoms with Gasteiger partial charge < -0.3 is 49.9 Å². The SMILES string of the molecule is CC(C)(C)C(CS)C(C)(C)C.CC(C)(C)C(CSC1CC(=O)N(CCCCCC(N)=O)C1=O)C(C)(C)C.CCOC1=CC2Oc3ccccc3C(NC(=O)CCCCCN3C(=O)C=CC3=O)C2C=C1.CCOC1=CC2Oc3ccccc3C(NC(=O)CCCCCN3C(=O)CC(SCC(C(C)(C)C)C(C)(C)C)C3=O)C2C=C1.CCOC1=CC2Oc3ccccc3C(O)C2C=C1. The zero-order valence-corrected chi connectivity index (χ0v) is 83.9. The molecule has 12 rings (SSSR count). The fourth-order valence-corrected chi connectivity index (χ4v) is 24.1. The van der Waals surface area contributed by atoms with Gasteiger partial charge in [0.05, 0.1) is 48.5 Å². The Kier molecular flexibility index (Phi) is 39.8. The number of nitrogens with one attached hydrogen (secondary N) is 2. The molecule has 5 N–H and O–H groups in total. The van der Waals surface area contributed by atoms with Crippen molar-refractivity contribution in [2.75, 3.05) is 56.7 Å². The van der Waals surface area contributed by atoms with Gasteiger partial charge in [-0.15, -0.1) is 23.5 Å². The van der Waals surface area contributed by atoms with Crippen LogP contribution in [0.5, 0.6) is 17.2 Å². The van der Waals surface area contributed by atoms with Crippen molar-refractivity contribution in [1.29, 1.82) is 0 Å². The number of unbranched alkanes of at least 4 members (excludes halogenated alkanes) is 6. The smallest absolute Gasteiger partial charge is 0.253 e. The van der Waals surface area contributed by atoms with E-state index in [1.807, 2.05) is 136 Å². The third-order valence-corrected chi connectivity index (χ3v) is 28.3. The first-order valence-corrected chi connectivity index (χ1v) is 49.9. The van der Waals surface area contributed by atoms with E-state index < -0.39 is 6.10 Å². The fourth-order valence-electron chi connectivity index (χ4n) is 19.1. The molecule has 130 heavy (non-hydrogen) atoms. The molecule has 3 aromatic carbocycles. The molecule has 0 saturated carbocycles. The molecule has 0 aromatic heterocycles. The maximum Gasteiger partial charge on any atom is 0.253 e. The molecule has 716 valence electrons. The van der Waals surface area contributed by atoms with Crippen molar-refractivity contribution < 1.29 is 76.7 Å². The van der Waals surface area contributed by atoms with E-state index in [0.29, 0.717) is 126 Å². The highest BCUT2D eigenvalue weighted by Gasteiger charge is 2.46. The van der Waals surface area contributed by atoms with Gasteiger partial charge in [0.1, 0.15) is 52.8 Å². The molecule has 9 aliphatic rings. The maximum atomic E-state index is 13.1. The third-order valence-electron chi connectivity index (χ3n) is 25.4. The van der Waals surface area contributed by atoms with Crippen LogP contribution in [0, 0.1) is 68.0 Å². The van der Waals surface area contributed by atoms with Crippen LogP contribution in [0.4, 0.5) is 0 Å². The second-order valence-electron chi connectivity index (χ2n) is 41.6. The number of para-hydroxylation sites is 3. The molecule has 3 aliphatic carbocycles. The lowest BCUT2D eigenvalue weighted by Crippen LogP contribution is -2.43. The van der Waals surface area contributed by atoms with Crippen molar-refractivity contribution in [2.24, 2.45) is 73.7 Å². The first-order chi connectivity index (χ1) is 61.2. The second-order valence-corrected chi connectivity index (χ2v) is 44.5. The number of thiol groups is 1. The molecule has 11 atom stereocenters. The monoisotopic (exact) mass is 1850 g/mol. The van der Waals surface area contributed by atoms with Crippen molar-refractivity contribution in [3.63, 3.8) is 0 Å². The molecule has 9 amide bonds. The number of thioether (sulfide) groups is 2. The summed E-state index contributed by atoms with van der Waals surface area (Å²) in [5.41, 5.74) is 9.21. The Labute approximate surface area is 789 Å². The minimum atomic E-state index is -0.518. The van der Waals surface area contributed by atoms with Gasteiger partial charge in [-0.05, 0) is 181 Å². The van der Waals surface area contributed by atoms with Crippen molar-refractivity contribution in [2.45, 2.75) is 282 Å². The number of hydrogen-bond acceptors (Lipinski definition) is 19. The maximum absolute atomic E-state index is 13.1. The highest BCUT2D eigenvalue weighted by Crippen LogP contribution is 2.49. The van der Waals surface area contributed by atoms with Gasteiger partial charge in [-0.25, -0.2) is 0 Å². The summed E-state index contributed by atoms with van der Waals surface area (Å²) in [5.74, 6) is 7.79. The molecule has 6 aliphatic heterocycles. The lowest BCUT2D eigenvalue weighted by molar-refractivity contribution is -0.139. The Morgan fingerprint density at radius 1 is 0.438 bits per heavy atom. The average Bonchev–Trinajstić information content (AvgIpc) is 1.20. The molecule has 6 heterocycles. The lowest BCUT2D eigenvalue weighted by atomic mass is 9.68. The minimum absolute atomic E-state index is 0.00882. The molecule has 0 spiro atoms. The van der Waals surface area contributed by atoms with Crippen LogP contribution in [-0.2, 0) is 57.4 Å². The largest absolute Gasteiger partial charge is 0.494 e. The number of imide groups is 3. The summed E-state index contributed by atoms with van der Waals surface area (Å²) in [4.78, 5) is 114. The molecule has 2 fully saturated rings. The highest BCUT2D eigenvalue weighted by atomic mass is 32.2. The van der Waals surface area contributed by atoms with Gasteiger partial charge in [0.2, 0.25) is 41.4 Å². The van der Waals surface area contributed by atoms with Crippen LogP contribution in [0.2, 0.25) is 0 Å². The van der Waals surface area contributed by atoms with Crippen LogP contribution in [0.25, 0.3) is 0 Å². The highest BCUT2D eigenvalue weighted by molar-refractivity contribution is 8.00. The summed E-state index contributed by atoms with van der Waals surface area (Å²) in [6.45, 7) is 49.6. The Morgan fingerprint density at radius 2 is 0.754 bits per heavy atom. The fraction of sp³-hybridized carbons (Fsp3) is 0.610. The Hall–Kier alpha value is -8.52. The van der Waals surface area contributed by atoms with Gasteiger partial charge in [0.15, 0.2) is 0 Å². The van der Waals surface area contributed by atoms with Gasteiger partial charge in [-0.3, -0.25) is 57.9 Å². The number of aliphatic hydroxyl groups is 1. The molecule has 11 unspecified atom stereocenters. The van der Waals surface area contributed by atoms with Crippen molar-refractivity contribution in [3.05, 3.63) is 174 Å². The molecule has 2 saturated heterocycles. The van der Waals surface area contributed by atoms with Gasteiger partial charge in [0, 0.05) is 98.3 Å². The van der Waals surface area contributed by atoms with Gasteiger partial charge >= 0.3 is 0 Å². The Morgan fingerprint density at radius 3 is 1.08 bits per heavy atom. The summed E-state index contributed by atoms with van der Waals surface area (Å²) in [7, 11) is 0. The third kappa shape index (κ3) is 30.8. The average molecular weight is 1850 g/mol. The number of ether oxygens (including phenoxy) is 6. The molecule has 25 heteroatoms. The topological polar surface area (TPSA) is 289 Å². The van der Waals surface area contributed by atoms with Crippen LogP contribution in [0.15, 0.2) is 157 Å². The summed E-state index contributed by atoms with van der Waals surface area (Å²) < 4.78 is 35.1. The number of carbonyl (C=O) groups excluding carboxylic acids is 9. The zero-order chi connectivity index (χ0) is 95.8. The summed E-state index contributed by atoms with van der Waals surface area (Å²) in [6, 6.07) is 22.9. The van der Waals surface area contributed by atoms with E-state index >= 15 is 0 Å². The number of fused-ring (bicyclic) bond motifs is 6. The van der Waals surface area contributed by atoms with E-state index in [9.17, 15) is 48.3 Å². The van der Waals surface area contributed by atoms with Crippen LogP contribution in [-0.4, -0.2) is 158 Å². The number of amides is 9. The standard InChI is InChI=1S/C35H50N2O5S.C25H28N2O5.C20H36N2O3S.C15H16O3.C10H22S/c1-8-41-23-17-18-25-27(20-23)42-26-15-12-11-14-24(26)32(25)36-30(38)16-10-9-13-19-37-31(39)21-28(33(37)40)43-22-29(34(2,3)4)35(5,6)7;1-2-31-17-11-12-19-21(16-17)32-20-9-6-5-8-18(20)25(19)26-22(28)10-4-3-7-15-27-23(29)13-14-24(27)30;1-19(2,3)15(20(4,5)6)13-26-14-12-17(24)22(18(14)25)11-9-7-8-10-16(21)23;1-2-17-10-7-8-12-14(9-10)18-13-6-4-3-5-11(13)15(12)16;1-9(2,3)8(7-11)10(4,5)6/h11-12,14-15,17-18,20,25,27-29,32H,8-10,13,16,19,21-22H2,1-7H3,(H,36,38);5-6,8-9,11-14,16,19,21,25H,2-4,7,10,15H2,1H3,(H,26,28);14-15H,7-13H2,1-6H3,(H2,21,23);3-9,12,14-16H,2H2,1H3;8,11H,7H2,1-6H3. The van der Waals surface area contributed by atoms with E-state index in [1.54, 1.807) is 23.5 Å². The number of benzene rings is 3. The molecule has 3 aromatic rings. The van der Waals surface area contributed by atoms with Crippen LogP contribution in [0.1, 0.15) is 270 Å². The number of carbonyl (C=O) groups is 9. The minimum Gasteiger partial charge on any atom is -0.494 e. The first-order valence-electron chi connectivity index (χ1n) is 47.1. The second kappa shape index (κ2) is 48.4. The van der Waals surface area contributed by atoms with E-state index in [4.69, 9.17) is 34.2 Å². The van der Waals surface area contributed by atoms with Gasteiger partial charge in [0.25, 0.3) is 11.8 Å².